The number of phenolic OH excluding ortho intramolecular Hbond substituents is 1. The summed E-state index contributed by atoms with van der Waals surface area (Å²) in [6.07, 6.45) is 1.62. The first kappa shape index (κ1) is 26.1. The molecule has 8 heteroatoms. The number of nitrogens with one attached hydrogen (secondary N) is 1. The molecule has 0 saturated carbocycles. The summed E-state index contributed by atoms with van der Waals surface area (Å²) in [5, 5.41) is 14.3. The third-order valence-electron chi connectivity index (χ3n) is 5.64. The van der Waals surface area contributed by atoms with Crippen LogP contribution in [0.1, 0.15) is 66.5 Å². The Bertz CT molecular complexity index is 1110. The fourth-order valence-electron chi connectivity index (χ4n) is 3.81. The van der Waals surface area contributed by atoms with Crippen LogP contribution in [0.4, 0.5) is 11.5 Å². The smallest absolute Gasteiger partial charge is 0.352 e. The van der Waals surface area contributed by atoms with E-state index in [1.807, 2.05) is 53.7 Å². The van der Waals surface area contributed by atoms with Crippen molar-refractivity contribution in [3.8, 4) is 5.75 Å². The van der Waals surface area contributed by atoms with Gasteiger partial charge in [-0.25, -0.2) is 14.6 Å². The summed E-state index contributed by atoms with van der Waals surface area (Å²) in [5.41, 5.74) is 1.04. The molecule has 1 saturated heterocycles. The van der Waals surface area contributed by atoms with Gasteiger partial charge in [-0.2, -0.15) is 0 Å². The molecule has 0 atom stereocenters. The first-order chi connectivity index (χ1) is 16.0. The molecule has 0 unspecified atom stereocenters. The van der Waals surface area contributed by atoms with Crippen LogP contribution >= 0.6 is 0 Å². The number of phenols is 1. The van der Waals surface area contributed by atoms with Gasteiger partial charge in [0.05, 0.1) is 0 Å². The molecule has 2 N–H and O–H groups in total. The predicted molar refractivity (Wildman–Crippen MR) is 135 cm³/mol. The number of carbonyl (C=O) groups excluding carboxylic acids is 2. The maximum atomic E-state index is 13.0. The van der Waals surface area contributed by atoms with Gasteiger partial charge in [0.25, 0.3) is 5.79 Å². The van der Waals surface area contributed by atoms with E-state index in [4.69, 9.17) is 9.47 Å². The highest BCUT2D eigenvalue weighted by molar-refractivity contribution is 6.16. The minimum Gasteiger partial charge on any atom is -0.507 e. The molecule has 8 nitrogen and oxygen atoms in total. The lowest BCUT2D eigenvalue weighted by Crippen LogP contribution is -2.44. The number of ether oxygens (including phenoxy) is 2. The molecule has 188 valence electrons. The Morgan fingerprint density at radius 3 is 1.91 bits per heavy atom. The van der Waals surface area contributed by atoms with Crippen molar-refractivity contribution in [2.24, 2.45) is 0 Å². The molecule has 0 radical (unpaired) electrons. The van der Waals surface area contributed by atoms with Crippen molar-refractivity contribution in [1.82, 2.24) is 4.98 Å². The van der Waals surface area contributed by atoms with Crippen molar-refractivity contribution >= 4 is 23.4 Å². The average Bonchev–Trinajstić information content (AvgIpc) is 2.71. The Balaban J connectivity index is 2.24. The summed E-state index contributed by atoms with van der Waals surface area (Å²) in [6, 6.07) is 8.97. The SMILES string of the molecule is CN(C(Nc1cc(C(C)(C)C)c(O)c(C(C)(C)C)c1)=C1C(=O)OC(C)(C)OC1=O)c1ccccn1. The van der Waals surface area contributed by atoms with Crippen molar-refractivity contribution in [2.45, 2.75) is 72.0 Å². The Morgan fingerprint density at radius 1 is 0.971 bits per heavy atom. The van der Waals surface area contributed by atoms with Crippen LogP contribution in [0.2, 0.25) is 0 Å². The van der Waals surface area contributed by atoms with E-state index in [1.165, 1.54) is 13.8 Å². The monoisotopic (exact) mass is 481 g/mol. The van der Waals surface area contributed by atoms with Gasteiger partial charge in [0.2, 0.25) is 0 Å². The summed E-state index contributed by atoms with van der Waals surface area (Å²) in [4.78, 5) is 31.9. The van der Waals surface area contributed by atoms with Crippen LogP contribution in [0.3, 0.4) is 0 Å². The summed E-state index contributed by atoms with van der Waals surface area (Å²) in [5.74, 6) is -2.10. The third kappa shape index (κ3) is 5.58. The molecule has 1 aromatic heterocycles. The van der Waals surface area contributed by atoms with Crippen molar-refractivity contribution in [1.29, 1.82) is 0 Å². The number of anilines is 2. The summed E-state index contributed by atoms with van der Waals surface area (Å²) in [6.45, 7) is 15.1. The quantitative estimate of drug-likeness (QED) is 0.273. The van der Waals surface area contributed by atoms with Crippen molar-refractivity contribution < 1.29 is 24.2 Å². The van der Waals surface area contributed by atoms with Gasteiger partial charge in [0.1, 0.15) is 17.4 Å². The van der Waals surface area contributed by atoms with Gasteiger partial charge < -0.3 is 24.8 Å². The summed E-state index contributed by atoms with van der Waals surface area (Å²) in [7, 11) is 1.69. The van der Waals surface area contributed by atoms with Gasteiger partial charge >= 0.3 is 11.9 Å². The number of hydrogen-bond donors (Lipinski definition) is 2. The highest BCUT2D eigenvalue weighted by Crippen LogP contribution is 2.41. The lowest BCUT2D eigenvalue weighted by atomic mass is 9.79. The zero-order valence-electron chi connectivity index (χ0n) is 21.9. The first-order valence-electron chi connectivity index (χ1n) is 11.5. The zero-order valence-corrected chi connectivity index (χ0v) is 21.9. The maximum absolute atomic E-state index is 13.0. The zero-order chi connectivity index (χ0) is 26.3. The van der Waals surface area contributed by atoms with E-state index in [0.29, 0.717) is 11.5 Å². The molecule has 1 fully saturated rings. The number of carbonyl (C=O) groups is 2. The van der Waals surface area contributed by atoms with Crippen molar-refractivity contribution in [2.75, 3.05) is 17.3 Å². The second-order valence-corrected chi connectivity index (χ2v) is 11.2. The molecule has 2 aromatic rings. The Labute approximate surface area is 207 Å². The Kier molecular flexibility index (Phi) is 6.63. The molecule has 35 heavy (non-hydrogen) atoms. The largest absolute Gasteiger partial charge is 0.507 e. The van der Waals surface area contributed by atoms with Gasteiger partial charge in [-0.15, -0.1) is 0 Å². The molecule has 0 bridgehead atoms. The average molecular weight is 482 g/mol. The van der Waals surface area contributed by atoms with E-state index in [2.05, 4.69) is 10.3 Å². The number of rotatable bonds is 4. The van der Waals surface area contributed by atoms with E-state index >= 15 is 0 Å². The lowest BCUT2D eigenvalue weighted by molar-refractivity contribution is -0.222. The number of nitrogens with zero attached hydrogens (tertiary/aromatic N) is 2. The Morgan fingerprint density at radius 2 is 1.49 bits per heavy atom. The predicted octanol–water partition coefficient (Wildman–Crippen LogP) is 4.98. The third-order valence-corrected chi connectivity index (χ3v) is 5.64. The number of aromatic nitrogens is 1. The highest BCUT2D eigenvalue weighted by Gasteiger charge is 2.42. The van der Waals surface area contributed by atoms with Crippen molar-refractivity contribution in [3.05, 3.63) is 59.0 Å². The van der Waals surface area contributed by atoms with Gasteiger partial charge in [-0.3, -0.25) is 0 Å². The van der Waals surface area contributed by atoms with Crippen LogP contribution in [0.25, 0.3) is 0 Å². The summed E-state index contributed by atoms with van der Waals surface area (Å²) >= 11 is 0. The van der Waals surface area contributed by atoms with Crippen LogP contribution in [0, 0.1) is 0 Å². The van der Waals surface area contributed by atoms with Crippen LogP contribution < -0.4 is 10.2 Å². The topological polar surface area (TPSA) is 101 Å². The lowest BCUT2D eigenvalue weighted by Gasteiger charge is -2.33. The molecule has 3 rings (SSSR count). The number of pyridine rings is 1. The molecule has 0 amide bonds. The van der Waals surface area contributed by atoms with E-state index in [-0.39, 0.29) is 28.0 Å². The number of esters is 2. The second kappa shape index (κ2) is 8.91. The molecule has 1 aliphatic heterocycles. The summed E-state index contributed by atoms with van der Waals surface area (Å²) < 4.78 is 10.7. The molecule has 0 spiro atoms. The maximum Gasteiger partial charge on any atom is 0.352 e. The van der Waals surface area contributed by atoms with Crippen LogP contribution in [-0.2, 0) is 29.9 Å². The standard InChI is InChI=1S/C27H35N3O5/c1-25(2,3)17-14-16(15-18(21(17)31)26(4,5)6)29-22(30(9)19-12-10-11-13-28-19)20-23(32)34-27(7,8)35-24(20)33/h10-15,29,31H,1-9H3. The molecule has 1 aromatic carbocycles. The minimum absolute atomic E-state index is 0.152. The van der Waals surface area contributed by atoms with Crippen LogP contribution in [0.5, 0.6) is 5.75 Å². The van der Waals surface area contributed by atoms with Gasteiger partial charge in [0, 0.05) is 43.9 Å². The number of aromatic hydroxyl groups is 1. The molecule has 2 heterocycles. The number of hydrogen-bond acceptors (Lipinski definition) is 8. The fourth-order valence-corrected chi connectivity index (χ4v) is 3.81. The normalized spacial score (nSPS) is 15.9. The number of benzene rings is 1. The molecular formula is C27H35N3O5. The molecule has 1 aliphatic rings. The minimum atomic E-state index is -1.37. The van der Waals surface area contributed by atoms with Gasteiger partial charge in [0.15, 0.2) is 5.57 Å². The molecule has 0 aliphatic carbocycles. The van der Waals surface area contributed by atoms with E-state index < -0.39 is 17.7 Å². The Hall–Kier alpha value is -3.55. The second-order valence-electron chi connectivity index (χ2n) is 11.2. The van der Waals surface area contributed by atoms with E-state index in [9.17, 15) is 14.7 Å². The highest BCUT2D eigenvalue weighted by atomic mass is 16.7. The van der Waals surface area contributed by atoms with Gasteiger partial charge in [-0.1, -0.05) is 47.6 Å². The first-order valence-corrected chi connectivity index (χ1v) is 11.5. The van der Waals surface area contributed by atoms with Crippen LogP contribution in [0.15, 0.2) is 47.9 Å². The van der Waals surface area contributed by atoms with Crippen LogP contribution in [-0.4, -0.2) is 34.9 Å². The molecular weight excluding hydrogens is 446 g/mol. The van der Waals surface area contributed by atoms with Crippen molar-refractivity contribution in [3.63, 3.8) is 0 Å². The fraction of sp³-hybridized carbons (Fsp3) is 0.444. The van der Waals surface area contributed by atoms with E-state index in [1.54, 1.807) is 36.3 Å². The number of cyclic esters (lactones) is 2. The van der Waals surface area contributed by atoms with E-state index in [0.717, 1.165) is 11.1 Å². The van der Waals surface area contributed by atoms with Gasteiger partial charge in [-0.05, 0) is 35.1 Å².